The average molecular weight is 318 g/mol. The number of β-amino-alcohol motifs (C(OH)–C–C–N with tert-alkyl or cyclic N) is 1. The molecule has 2 atom stereocenters. The lowest BCUT2D eigenvalue weighted by molar-refractivity contribution is -0.275. The lowest BCUT2D eigenvalue weighted by atomic mass is 10.1. The molecule has 0 saturated carbocycles. The molecule has 2 rings (SSSR count). The highest BCUT2D eigenvalue weighted by molar-refractivity contribution is 5.82. The Balaban J connectivity index is 2.05. The van der Waals surface area contributed by atoms with Crippen molar-refractivity contribution >= 4 is 5.91 Å². The number of nitrogens with one attached hydrogen (secondary N) is 1. The summed E-state index contributed by atoms with van der Waals surface area (Å²) in [6, 6.07) is 5.17. The molecule has 1 heterocycles. The molecule has 0 aliphatic carbocycles. The zero-order valence-electron chi connectivity index (χ0n) is 11.9. The highest BCUT2D eigenvalue weighted by Crippen LogP contribution is 2.27. The standard InChI is InChI=1S/C14H17F3N2O3/c1-19(13(21)11-6-10(20)7-18-11)8-9-4-2-3-5-12(9)22-14(15,16)17/h2-5,10-11,18,20H,6-8H2,1H3/t10-,11-/m1/s1. The Morgan fingerprint density at radius 3 is 2.73 bits per heavy atom. The summed E-state index contributed by atoms with van der Waals surface area (Å²) >= 11 is 0. The third-order valence-electron chi connectivity index (χ3n) is 3.39. The van der Waals surface area contributed by atoms with Gasteiger partial charge in [-0.1, -0.05) is 18.2 Å². The first-order valence-electron chi connectivity index (χ1n) is 6.76. The van der Waals surface area contributed by atoms with Crippen molar-refractivity contribution in [2.75, 3.05) is 13.6 Å². The van der Waals surface area contributed by atoms with Gasteiger partial charge in [0.05, 0.1) is 12.1 Å². The van der Waals surface area contributed by atoms with Gasteiger partial charge in [0, 0.05) is 25.7 Å². The molecule has 1 aliphatic rings. The first kappa shape index (κ1) is 16.6. The second kappa shape index (κ2) is 6.53. The summed E-state index contributed by atoms with van der Waals surface area (Å²) in [6.45, 7) is 0.317. The Bertz CT molecular complexity index is 536. The number of amides is 1. The van der Waals surface area contributed by atoms with Crippen LogP contribution in [0.5, 0.6) is 5.75 Å². The van der Waals surface area contributed by atoms with Crippen LogP contribution in [0, 0.1) is 0 Å². The van der Waals surface area contributed by atoms with E-state index in [4.69, 9.17) is 0 Å². The minimum Gasteiger partial charge on any atom is -0.405 e. The van der Waals surface area contributed by atoms with E-state index in [1.807, 2.05) is 0 Å². The molecule has 1 aliphatic heterocycles. The number of alkyl halides is 3. The maximum Gasteiger partial charge on any atom is 0.573 e. The number of aliphatic hydroxyl groups excluding tert-OH is 1. The molecule has 1 amide bonds. The van der Waals surface area contributed by atoms with Gasteiger partial charge in [0.1, 0.15) is 5.75 Å². The summed E-state index contributed by atoms with van der Waals surface area (Å²) in [5, 5.41) is 12.3. The number of nitrogens with zero attached hydrogens (tertiary/aromatic N) is 1. The molecule has 1 aromatic carbocycles. The number of likely N-dealkylation sites (N-methyl/N-ethyl adjacent to an activating group) is 1. The van der Waals surface area contributed by atoms with Gasteiger partial charge in [-0.15, -0.1) is 13.2 Å². The van der Waals surface area contributed by atoms with E-state index in [1.165, 1.54) is 30.1 Å². The molecule has 22 heavy (non-hydrogen) atoms. The SMILES string of the molecule is CN(Cc1ccccc1OC(F)(F)F)C(=O)[C@H]1C[C@@H](O)CN1. The lowest BCUT2D eigenvalue weighted by Crippen LogP contribution is -2.41. The Morgan fingerprint density at radius 2 is 2.14 bits per heavy atom. The molecule has 0 radical (unpaired) electrons. The van der Waals surface area contributed by atoms with Crippen molar-refractivity contribution < 1.29 is 27.8 Å². The Kier molecular flexibility index (Phi) is 4.92. The number of rotatable bonds is 4. The summed E-state index contributed by atoms with van der Waals surface area (Å²) in [5.74, 6) is -0.604. The number of hydrogen-bond acceptors (Lipinski definition) is 4. The van der Waals surface area contributed by atoms with Crippen LogP contribution in [-0.2, 0) is 11.3 Å². The van der Waals surface area contributed by atoms with Crippen molar-refractivity contribution in [2.45, 2.75) is 31.5 Å². The van der Waals surface area contributed by atoms with E-state index in [1.54, 1.807) is 6.07 Å². The van der Waals surface area contributed by atoms with E-state index in [-0.39, 0.29) is 23.8 Å². The highest BCUT2D eigenvalue weighted by atomic mass is 19.4. The van der Waals surface area contributed by atoms with Crippen LogP contribution in [0.25, 0.3) is 0 Å². The van der Waals surface area contributed by atoms with Gasteiger partial charge in [0.15, 0.2) is 0 Å². The number of hydrogen-bond donors (Lipinski definition) is 2. The van der Waals surface area contributed by atoms with Crippen molar-refractivity contribution in [3.8, 4) is 5.75 Å². The van der Waals surface area contributed by atoms with Crippen LogP contribution >= 0.6 is 0 Å². The van der Waals surface area contributed by atoms with Crippen LogP contribution in [0.15, 0.2) is 24.3 Å². The number of benzene rings is 1. The van der Waals surface area contributed by atoms with Gasteiger partial charge in [-0.2, -0.15) is 0 Å². The van der Waals surface area contributed by atoms with E-state index in [2.05, 4.69) is 10.1 Å². The van der Waals surface area contributed by atoms with Crippen LogP contribution < -0.4 is 10.1 Å². The van der Waals surface area contributed by atoms with Crippen LogP contribution in [0.4, 0.5) is 13.2 Å². The van der Waals surface area contributed by atoms with Gasteiger partial charge < -0.3 is 20.1 Å². The molecule has 2 N–H and O–H groups in total. The van der Waals surface area contributed by atoms with Crippen LogP contribution in [0.3, 0.4) is 0 Å². The molecule has 0 aromatic heterocycles. The summed E-state index contributed by atoms with van der Waals surface area (Å²) in [7, 11) is 1.50. The first-order chi connectivity index (χ1) is 10.3. The number of para-hydroxylation sites is 1. The molecule has 5 nitrogen and oxygen atoms in total. The largest absolute Gasteiger partial charge is 0.573 e. The average Bonchev–Trinajstić information content (AvgIpc) is 2.85. The molecule has 1 saturated heterocycles. The maximum atomic E-state index is 12.4. The van der Waals surface area contributed by atoms with Crippen molar-refractivity contribution in [3.05, 3.63) is 29.8 Å². The van der Waals surface area contributed by atoms with Crippen molar-refractivity contribution in [1.29, 1.82) is 0 Å². The maximum absolute atomic E-state index is 12.4. The minimum absolute atomic E-state index is 0.0145. The van der Waals surface area contributed by atoms with Crippen molar-refractivity contribution in [2.24, 2.45) is 0 Å². The second-order valence-electron chi connectivity index (χ2n) is 5.20. The fraction of sp³-hybridized carbons (Fsp3) is 0.500. The van der Waals surface area contributed by atoms with E-state index in [0.29, 0.717) is 13.0 Å². The van der Waals surface area contributed by atoms with Crippen LogP contribution in [-0.4, -0.2) is 48.0 Å². The predicted octanol–water partition coefficient (Wildman–Crippen LogP) is 1.27. The Hall–Kier alpha value is -1.80. The first-order valence-corrected chi connectivity index (χ1v) is 6.76. The fourth-order valence-electron chi connectivity index (χ4n) is 2.36. The molecular weight excluding hydrogens is 301 g/mol. The molecule has 1 fully saturated rings. The smallest absolute Gasteiger partial charge is 0.405 e. The molecule has 0 bridgehead atoms. The van der Waals surface area contributed by atoms with Gasteiger partial charge in [-0.25, -0.2) is 0 Å². The summed E-state index contributed by atoms with van der Waals surface area (Å²) < 4.78 is 41.1. The van der Waals surface area contributed by atoms with E-state index in [0.717, 1.165) is 0 Å². The van der Waals surface area contributed by atoms with Gasteiger partial charge >= 0.3 is 6.36 Å². The highest BCUT2D eigenvalue weighted by Gasteiger charge is 2.33. The topological polar surface area (TPSA) is 61.8 Å². The predicted molar refractivity (Wildman–Crippen MR) is 72.0 cm³/mol. The van der Waals surface area contributed by atoms with Crippen LogP contribution in [0.2, 0.25) is 0 Å². The van der Waals surface area contributed by atoms with Crippen molar-refractivity contribution in [1.82, 2.24) is 10.2 Å². The number of carbonyl (C=O) groups is 1. The Labute approximate surface area is 125 Å². The van der Waals surface area contributed by atoms with E-state index < -0.39 is 18.5 Å². The summed E-state index contributed by atoms with van der Waals surface area (Å²) in [4.78, 5) is 13.5. The number of halogens is 3. The second-order valence-corrected chi connectivity index (χ2v) is 5.20. The molecule has 0 unspecified atom stereocenters. The van der Waals surface area contributed by atoms with Gasteiger partial charge in [-0.05, 0) is 12.5 Å². The fourth-order valence-corrected chi connectivity index (χ4v) is 2.36. The van der Waals surface area contributed by atoms with Crippen molar-refractivity contribution in [3.63, 3.8) is 0 Å². The van der Waals surface area contributed by atoms with Gasteiger partial charge in [0.25, 0.3) is 0 Å². The van der Waals surface area contributed by atoms with Crippen LogP contribution in [0.1, 0.15) is 12.0 Å². The third kappa shape index (κ3) is 4.35. The zero-order chi connectivity index (χ0) is 16.3. The van der Waals surface area contributed by atoms with Gasteiger partial charge in [-0.3, -0.25) is 4.79 Å². The number of ether oxygens (including phenoxy) is 1. The number of carbonyl (C=O) groups excluding carboxylic acids is 1. The molecule has 0 spiro atoms. The van der Waals surface area contributed by atoms with Gasteiger partial charge in [0.2, 0.25) is 5.91 Å². The molecule has 8 heteroatoms. The summed E-state index contributed by atoms with van der Waals surface area (Å²) in [6.07, 6.45) is -5.07. The lowest BCUT2D eigenvalue weighted by Gasteiger charge is -2.22. The molecule has 1 aromatic rings. The summed E-state index contributed by atoms with van der Waals surface area (Å²) in [5.41, 5.74) is 0.259. The minimum atomic E-state index is -4.78. The number of aliphatic hydroxyl groups is 1. The van der Waals surface area contributed by atoms with E-state index in [9.17, 15) is 23.1 Å². The normalized spacial score (nSPS) is 21.7. The van der Waals surface area contributed by atoms with E-state index >= 15 is 0 Å². The quantitative estimate of drug-likeness (QED) is 0.878. The molecule has 122 valence electrons. The zero-order valence-corrected chi connectivity index (χ0v) is 11.9. The Morgan fingerprint density at radius 1 is 1.45 bits per heavy atom. The third-order valence-corrected chi connectivity index (χ3v) is 3.39. The monoisotopic (exact) mass is 318 g/mol. The molecular formula is C14H17F3N2O3.